The summed E-state index contributed by atoms with van der Waals surface area (Å²) in [5, 5.41) is 13.8. The van der Waals surface area contributed by atoms with E-state index in [0.29, 0.717) is 17.7 Å². The van der Waals surface area contributed by atoms with Crippen molar-refractivity contribution in [2.45, 2.75) is 18.9 Å². The molecule has 0 aliphatic carbocycles. The van der Waals surface area contributed by atoms with E-state index >= 15 is 0 Å². The van der Waals surface area contributed by atoms with Gasteiger partial charge in [0.05, 0.1) is 23.1 Å². The SMILES string of the molecule is N#Cc1cccc(NC(=O)CC(=O)NC2CCS(=O)(=O)C2)c1. The fraction of sp³-hybridized carbons (Fsp3) is 0.357. The number of nitrogens with zero attached hydrogens (tertiary/aromatic N) is 1. The standard InChI is InChI=1S/C14H15N3O4S/c15-8-10-2-1-3-11(6-10)16-13(18)7-14(19)17-12-4-5-22(20,21)9-12/h1-3,6,12H,4-5,7,9H2,(H,16,18)(H,17,19). The molecule has 1 aromatic rings. The minimum absolute atomic E-state index is 0.0606. The van der Waals surface area contributed by atoms with Crippen molar-refractivity contribution in [2.24, 2.45) is 0 Å². The van der Waals surface area contributed by atoms with Crippen molar-refractivity contribution in [3.63, 3.8) is 0 Å². The summed E-state index contributed by atoms with van der Waals surface area (Å²) in [6.07, 6.45) is -0.0206. The van der Waals surface area contributed by atoms with Crippen LogP contribution in [0.25, 0.3) is 0 Å². The lowest BCUT2D eigenvalue weighted by molar-refractivity contribution is -0.127. The van der Waals surface area contributed by atoms with Gasteiger partial charge in [-0.2, -0.15) is 5.26 Å². The third-order valence-electron chi connectivity index (χ3n) is 3.19. The lowest BCUT2D eigenvalue weighted by atomic mass is 10.2. The number of anilines is 1. The average molecular weight is 321 g/mol. The number of hydrogen-bond acceptors (Lipinski definition) is 5. The van der Waals surface area contributed by atoms with Crippen LogP contribution < -0.4 is 10.6 Å². The summed E-state index contributed by atoms with van der Waals surface area (Å²) in [5.41, 5.74) is 0.832. The maximum Gasteiger partial charge on any atom is 0.233 e. The van der Waals surface area contributed by atoms with E-state index in [9.17, 15) is 18.0 Å². The fourth-order valence-electron chi connectivity index (χ4n) is 2.21. The molecule has 7 nitrogen and oxygen atoms in total. The van der Waals surface area contributed by atoms with E-state index in [1.807, 2.05) is 6.07 Å². The number of amides is 2. The summed E-state index contributed by atoms with van der Waals surface area (Å²) in [7, 11) is -3.07. The smallest absolute Gasteiger partial charge is 0.233 e. The molecular formula is C14H15N3O4S. The monoisotopic (exact) mass is 321 g/mol. The highest BCUT2D eigenvalue weighted by Gasteiger charge is 2.29. The van der Waals surface area contributed by atoms with Crippen LogP contribution in [0.15, 0.2) is 24.3 Å². The van der Waals surface area contributed by atoms with Crippen molar-refractivity contribution >= 4 is 27.3 Å². The lowest BCUT2D eigenvalue weighted by Gasteiger charge is -2.11. The Morgan fingerprint density at radius 1 is 1.32 bits per heavy atom. The maximum atomic E-state index is 11.8. The third-order valence-corrected chi connectivity index (χ3v) is 4.96. The second-order valence-corrected chi connectivity index (χ2v) is 7.31. The van der Waals surface area contributed by atoms with Crippen molar-refractivity contribution in [3.05, 3.63) is 29.8 Å². The van der Waals surface area contributed by atoms with Crippen LogP contribution in [0.2, 0.25) is 0 Å². The summed E-state index contributed by atoms with van der Waals surface area (Å²) in [4.78, 5) is 23.5. The van der Waals surface area contributed by atoms with E-state index in [2.05, 4.69) is 10.6 Å². The van der Waals surface area contributed by atoms with Gasteiger partial charge < -0.3 is 10.6 Å². The molecule has 0 bridgehead atoms. The maximum absolute atomic E-state index is 11.8. The van der Waals surface area contributed by atoms with E-state index in [0.717, 1.165) is 0 Å². The molecule has 1 aliphatic heterocycles. The number of rotatable bonds is 4. The van der Waals surface area contributed by atoms with Gasteiger partial charge in [0.15, 0.2) is 9.84 Å². The summed E-state index contributed by atoms with van der Waals surface area (Å²) in [6, 6.07) is 7.86. The molecule has 1 heterocycles. The Bertz CT molecular complexity index is 737. The van der Waals surface area contributed by atoms with Gasteiger partial charge in [-0.3, -0.25) is 9.59 Å². The summed E-state index contributed by atoms with van der Waals surface area (Å²) in [5.74, 6) is -1.06. The molecule has 0 saturated carbocycles. The summed E-state index contributed by atoms with van der Waals surface area (Å²) < 4.78 is 22.6. The zero-order valence-corrected chi connectivity index (χ0v) is 12.5. The van der Waals surface area contributed by atoms with Gasteiger partial charge in [-0.15, -0.1) is 0 Å². The van der Waals surface area contributed by atoms with Gasteiger partial charge in [-0.05, 0) is 24.6 Å². The zero-order chi connectivity index (χ0) is 16.2. The molecule has 0 spiro atoms. The molecular weight excluding hydrogens is 306 g/mol. The third kappa shape index (κ3) is 4.56. The van der Waals surface area contributed by atoms with Gasteiger partial charge in [-0.1, -0.05) is 6.07 Å². The van der Waals surface area contributed by atoms with Crippen molar-refractivity contribution in [3.8, 4) is 6.07 Å². The average Bonchev–Trinajstić information content (AvgIpc) is 2.77. The number of carbonyl (C=O) groups excluding carboxylic acids is 2. The first-order chi connectivity index (χ1) is 10.4. The van der Waals surface area contributed by atoms with Crippen LogP contribution in [-0.4, -0.2) is 37.8 Å². The first-order valence-corrected chi connectivity index (χ1v) is 8.50. The Labute approximate surface area is 128 Å². The summed E-state index contributed by atoms with van der Waals surface area (Å²) >= 11 is 0. The molecule has 1 fully saturated rings. The Morgan fingerprint density at radius 3 is 2.73 bits per heavy atom. The highest BCUT2D eigenvalue weighted by atomic mass is 32.2. The molecule has 1 unspecified atom stereocenters. The number of carbonyl (C=O) groups is 2. The minimum Gasteiger partial charge on any atom is -0.352 e. The van der Waals surface area contributed by atoms with Crippen molar-refractivity contribution in [1.82, 2.24) is 5.32 Å². The molecule has 2 N–H and O–H groups in total. The molecule has 2 amide bonds. The Morgan fingerprint density at radius 2 is 2.09 bits per heavy atom. The van der Waals surface area contributed by atoms with Crippen molar-refractivity contribution in [2.75, 3.05) is 16.8 Å². The van der Waals surface area contributed by atoms with Crippen LogP contribution in [0.3, 0.4) is 0 Å². The van der Waals surface area contributed by atoms with E-state index in [-0.39, 0.29) is 11.5 Å². The highest BCUT2D eigenvalue weighted by Crippen LogP contribution is 2.12. The van der Waals surface area contributed by atoms with E-state index in [1.165, 1.54) is 6.07 Å². The number of hydrogen-bond donors (Lipinski definition) is 2. The van der Waals surface area contributed by atoms with Crippen LogP contribution in [0.4, 0.5) is 5.69 Å². The molecule has 1 atom stereocenters. The number of benzene rings is 1. The van der Waals surface area contributed by atoms with Gasteiger partial charge in [-0.25, -0.2) is 8.42 Å². The van der Waals surface area contributed by atoms with Crippen molar-refractivity contribution < 1.29 is 18.0 Å². The fourth-order valence-corrected chi connectivity index (χ4v) is 3.88. The molecule has 8 heteroatoms. The van der Waals surface area contributed by atoms with E-state index in [1.54, 1.807) is 18.2 Å². The Hall–Kier alpha value is -2.40. The van der Waals surface area contributed by atoms with Gasteiger partial charge in [0, 0.05) is 11.7 Å². The largest absolute Gasteiger partial charge is 0.352 e. The van der Waals surface area contributed by atoms with Crippen LogP contribution in [0.1, 0.15) is 18.4 Å². The predicted octanol–water partition coefficient (Wildman–Crippen LogP) is 0.190. The first-order valence-electron chi connectivity index (χ1n) is 6.68. The van der Waals surface area contributed by atoms with Crippen LogP contribution >= 0.6 is 0 Å². The van der Waals surface area contributed by atoms with Crippen molar-refractivity contribution in [1.29, 1.82) is 5.26 Å². The molecule has 22 heavy (non-hydrogen) atoms. The normalized spacial score (nSPS) is 19.1. The highest BCUT2D eigenvalue weighted by molar-refractivity contribution is 7.91. The molecule has 2 rings (SSSR count). The molecule has 1 saturated heterocycles. The van der Waals surface area contributed by atoms with E-state index in [4.69, 9.17) is 5.26 Å². The van der Waals surface area contributed by atoms with Crippen LogP contribution in [0, 0.1) is 11.3 Å². The molecule has 116 valence electrons. The van der Waals surface area contributed by atoms with Gasteiger partial charge in [0.1, 0.15) is 6.42 Å². The van der Waals surface area contributed by atoms with Crippen LogP contribution in [0.5, 0.6) is 0 Å². The van der Waals surface area contributed by atoms with Gasteiger partial charge >= 0.3 is 0 Å². The van der Waals surface area contributed by atoms with E-state index < -0.39 is 34.1 Å². The zero-order valence-electron chi connectivity index (χ0n) is 11.7. The molecule has 1 aromatic carbocycles. The Balaban J connectivity index is 1.84. The number of nitrogens with one attached hydrogen (secondary N) is 2. The minimum atomic E-state index is -3.07. The summed E-state index contributed by atoms with van der Waals surface area (Å²) in [6.45, 7) is 0. The van der Waals surface area contributed by atoms with Gasteiger partial charge in [0.2, 0.25) is 11.8 Å². The Kier molecular flexibility index (Phi) is 4.78. The van der Waals surface area contributed by atoms with Crippen LogP contribution in [-0.2, 0) is 19.4 Å². The molecule has 0 aromatic heterocycles. The first kappa shape index (κ1) is 16.0. The predicted molar refractivity (Wildman–Crippen MR) is 79.6 cm³/mol. The number of nitriles is 1. The topological polar surface area (TPSA) is 116 Å². The second-order valence-electron chi connectivity index (χ2n) is 5.09. The quantitative estimate of drug-likeness (QED) is 0.768. The number of sulfone groups is 1. The molecule has 1 aliphatic rings. The van der Waals surface area contributed by atoms with Gasteiger partial charge in [0.25, 0.3) is 0 Å². The molecule has 0 radical (unpaired) electrons. The lowest BCUT2D eigenvalue weighted by Crippen LogP contribution is -2.37. The second kappa shape index (κ2) is 6.58.